The Morgan fingerprint density at radius 1 is 1.03 bits per heavy atom. The fraction of sp³-hybridized carbons (Fsp3) is 0.304. The molecule has 3 N–H and O–H groups in total. The van der Waals surface area contributed by atoms with Gasteiger partial charge in [-0.25, -0.2) is 4.99 Å². The molecule has 152 valence electrons. The number of aliphatic imine (C=N–C) groups is 1. The summed E-state index contributed by atoms with van der Waals surface area (Å²) in [6.07, 6.45) is 5.72. The van der Waals surface area contributed by atoms with Gasteiger partial charge in [0.15, 0.2) is 5.96 Å². The molecule has 0 bridgehead atoms. The lowest BCUT2D eigenvalue weighted by molar-refractivity contribution is 0.475. The third-order valence-corrected chi connectivity index (χ3v) is 4.63. The van der Waals surface area contributed by atoms with Crippen LogP contribution in [-0.2, 0) is 19.5 Å². The minimum atomic E-state index is 0.307. The van der Waals surface area contributed by atoms with Crippen LogP contribution in [0.3, 0.4) is 0 Å². The zero-order chi connectivity index (χ0) is 20.3. The van der Waals surface area contributed by atoms with Crippen molar-refractivity contribution in [2.24, 2.45) is 4.99 Å². The Morgan fingerprint density at radius 3 is 2.55 bits per heavy atom. The fourth-order valence-electron chi connectivity index (χ4n) is 3.10. The number of hydrogen-bond acceptors (Lipinski definition) is 3. The molecule has 3 rings (SSSR count). The highest BCUT2D eigenvalue weighted by atomic mass is 16.3. The van der Waals surface area contributed by atoms with Crippen molar-refractivity contribution < 1.29 is 5.11 Å². The topological polar surface area (TPSA) is 74.5 Å². The molecule has 0 saturated carbocycles. The first kappa shape index (κ1) is 20.5. The molecule has 6 heteroatoms. The van der Waals surface area contributed by atoms with E-state index in [0.29, 0.717) is 12.3 Å². The molecule has 0 saturated heterocycles. The minimum Gasteiger partial charge on any atom is -0.508 e. The van der Waals surface area contributed by atoms with Crippen molar-refractivity contribution in [2.45, 2.75) is 32.9 Å². The van der Waals surface area contributed by atoms with Crippen LogP contribution in [0.2, 0.25) is 0 Å². The van der Waals surface area contributed by atoms with Gasteiger partial charge in [0.05, 0.1) is 13.1 Å². The van der Waals surface area contributed by atoms with E-state index in [-0.39, 0.29) is 0 Å². The summed E-state index contributed by atoms with van der Waals surface area (Å²) in [7, 11) is 0. The monoisotopic (exact) mass is 391 g/mol. The SMILES string of the molecule is CCNC(=NCc1ccccc1Cn1cccn1)NCCCc1ccc(O)cc1. The smallest absolute Gasteiger partial charge is 0.191 e. The van der Waals surface area contributed by atoms with Gasteiger partial charge in [0.2, 0.25) is 0 Å². The summed E-state index contributed by atoms with van der Waals surface area (Å²) >= 11 is 0. The molecule has 0 aliphatic rings. The van der Waals surface area contributed by atoms with Gasteiger partial charge in [0.1, 0.15) is 5.75 Å². The van der Waals surface area contributed by atoms with Crippen molar-refractivity contribution >= 4 is 5.96 Å². The Hall–Kier alpha value is -3.28. The van der Waals surface area contributed by atoms with E-state index >= 15 is 0 Å². The summed E-state index contributed by atoms with van der Waals surface area (Å²) in [6.45, 7) is 5.08. The summed E-state index contributed by atoms with van der Waals surface area (Å²) in [6, 6.07) is 17.7. The lowest BCUT2D eigenvalue weighted by atomic mass is 10.1. The molecule has 0 radical (unpaired) electrons. The highest BCUT2D eigenvalue weighted by Crippen LogP contribution is 2.12. The summed E-state index contributed by atoms with van der Waals surface area (Å²) in [5.41, 5.74) is 3.64. The van der Waals surface area contributed by atoms with Crippen LogP contribution in [0.5, 0.6) is 5.75 Å². The molecule has 2 aromatic carbocycles. The van der Waals surface area contributed by atoms with Gasteiger partial charge in [-0.2, -0.15) is 5.10 Å². The summed E-state index contributed by atoms with van der Waals surface area (Å²) in [4.78, 5) is 4.76. The molecule has 0 spiro atoms. The standard InChI is InChI=1S/C23H29N5O/c1-2-24-23(25-14-5-7-19-10-12-22(29)13-11-19)26-17-20-8-3-4-9-21(20)18-28-16-6-15-27-28/h3-4,6,8-13,15-16,29H,2,5,7,14,17-18H2,1H3,(H2,24,25,26). The number of aromatic nitrogens is 2. The van der Waals surface area contributed by atoms with E-state index < -0.39 is 0 Å². The summed E-state index contributed by atoms with van der Waals surface area (Å²) < 4.78 is 1.93. The van der Waals surface area contributed by atoms with E-state index in [2.05, 4.69) is 46.9 Å². The summed E-state index contributed by atoms with van der Waals surface area (Å²) in [5, 5.41) is 20.4. The molecule has 1 heterocycles. The molecule has 1 aromatic heterocycles. The Morgan fingerprint density at radius 2 is 1.83 bits per heavy atom. The van der Waals surface area contributed by atoms with Gasteiger partial charge in [-0.05, 0) is 54.7 Å². The van der Waals surface area contributed by atoms with E-state index in [9.17, 15) is 5.11 Å². The van der Waals surface area contributed by atoms with Crippen LogP contribution >= 0.6 is 0 Å². The maximum atomic E-state index is 9.36. The molecule has 0 atom stereocenters. The Balaban J connectivity index is 1.54. The average molecular weight is 392 g/mol. The van der Waals surface area contributed by atoms with Crippen molar-refractivity contribution in [3.63, 3.8) is 0 Å². The van der Waals surface area contributed by atoms with Crippen LogP contribution < -0.4 is 10.6 Å². The molecular weight excluding hydrogens is 362 g/mol. The van der Waals surface area contributed by atoms with Crippen molar-refractivity contribution in [2.75, 3.05) is 13.1 Å². The minimum absolute atomic E-state index is 0.307. The number of benzene rings is 2. The lowest BCUT2D eigenvalue weighted by Gasteiger charge is -2.13. The van der Waals surface area contributed by atoms with Gasteiger partial charge >= 0.3 is 0 Å². The number of nitrogens with one attached hydrogen (secondary N) is 2. The number of guanidine groups is 1. The Kier molecular flexibility index (Phi) is 7.69. The first-order chi connectivity index (χ1) is 14.2. The van der Waals surface area contributed by atoms with Crippen LogP contribution in [0, 0.1) is 0 Å². The fourth-order valence-corrected chi connectivity index (χ4v) is 3.10. The maximum absolute atomic E-state index is 9.36. The van der Waals surface area contributed by atoms with Crippen LogP contribution in [0.4, 0.5) is 0 Å². The van der Waals surface area contributed by atoms with Gasteiger partial charge in [-0.1, -0.05) is 36.4 Å². The Labute approximate surface area is 172 Å². The number of phenolic OH excluding ortho intramolecular Hbond substituents is 1. The quantitative estimate of drug-likeness (QED) is 0.297. The molecule has 3 aromatic rings. The molecule has 0 aliphatic carbocycles. The van der Waals surface area contributed by atoms with Crippen molar-refractivity contribution in [1.29, 1.82) is 0 Å². The summed E-state index contributed by atoms with van der Waals surface area (Å²) in [5.74, 6) is 1.13. The highest BCUT2D eigenvalue weighted by molar-refractivity contribution is 5.79. The van der Waals surface area contributed by atoms with Gasteiger partial charge < -0.3 is 15.7 Å². The number of hydrogen-bond donors (Lipinski definition) is 3. The van der Waals surface area contributed by atoms with Gasteiger partial charge in [-0.15, -0.1) is 0 Å². The van der Waals surface area contributed by atoms with Gasteiger partial charge in [-0.3, -0.25) is 4.68 Å². The number of aryl methyl sites for hydroxylation is 1. The van der Waals surface area contributed by atoms with Crippen LogP contribution in [0.15, 0.2) is 72.0 Å². The zero-order valence-electron chi connectivity index (χ0n) is 16.9. The largest absolute Gasteiger partial charge is 0.508 e. The predicted octanol–water partition coefficient (Wildman–Crippen LogP) is 3.32. The molecule has 6 nitrogen and oxygen atoms in total. The molecule has 0 amide bonds. The first-order valence-electron chi connectivity index (χ1n) is 10.1. The lowest BCUT2D eigenvalue weighted by Crippen LogP contribution is -2.37. The van der Waals surface area contributed by atoms with E-state index in [1.807, 2.05) is 29.1 Å². The number of phenols is 1. The second kappa shape index (κ2) is 10.9. The van der Waals surface area contributed by atoms with Gasteiger partial charge in [0, 0.05) is 25.5 Å². The van der Waals surface area contributed by atoms with Gasteiger partial charge in [0.25, 0.3) is 0 Å². The molecule has 0 unspecified atom stereocenters. The van der Waals surface area contributed by atoms with Crippen LogP contribution in [0.1, 0.15) is 30.0 Å². The molecule has 29 heavy (non-hydrogen) atoms. The maximum Gasteiger partial charge on any atom is 0.191 e. The van der Waals surface area contributed by atoms with E-state index in [0.717, 1.165) is 38.4 Å². The van der Waals surface area contributed by atoms with E-state index in [4.69, 9.17) is 4.99 Å². The number of nitrogens with zero attached hydrogens (tertiary/aromatic N) is 3. The number of rotatable bonds is 9. The van der Waals surface area contributed by atoms with Crippen LogP contribution in [-0.4, -0.2) is 33.9 Å². The van der Waals surface area contributed by atoms with Crippen molar-refractivity contribution in [3.8, 4) is 5.75 Å². The first-order valence-corrected chi connectivity index (χ1v) is 10.1. The third-order valence-electron chi connectivity index (χ3n) is 4.63. The van der Waals surface area contributed by atoms with Crippen LogP contribution in [0.25, 0.3) is 0 Å². The third kappa shape index (κ3) is 6.68. The Bertz CT molecular complexity index is 888. The van der Waals surface area contributed by atoms with Crippen molar-refractivity contribution in [3.05, 3.63) is 83.7 Å². The van der Waals surface area contributed by atoms with E-state index in [1.54, 1.807) is 18.3 Å². The zero-order valence-corrected chi connectivity index (χ0v) is 16.9. The van der Waals surface area contributed by atoms with Crippen molar-refractivity contribution in [1.82, 2.24) is 20.4 Å². The molecule has 0 aliphatic heterocycles. The normalized spacial score (nSPS) is 11.4. The molecule has 0 fully saturated rings. The molecular formula is C23H29N5O. The second-order valence-corrected chi connectivity index (χ2v) is 6.86. The number of aromatic hydroxyl groups is 1. The average Bonchev–Trinajstić information content (AvgIpc) is 3.24. The highest BCUT2D eigenvalue weighted by Gasteiger charge is 2.04. The van der Waals surface area contributed by atoms with E-state index in [1.165, 1.54) is 16.7 Å². The second-order valence-electron chi connectivity index (χ2n) is 6.86. The predicted molar refractivity (Wildman–Crippen MR) is 117 cm³/mol.